The summed E-state index contributed by atoms with van der Waals surface area (Å²) in [5, 5.41) is 21.5. The molecule has 0 aromatic heterocycles. The molecular weight excluding hydrogens is 365 g/mol. The second-order valence-corrected chi connectivity index (χ2v) is 7.88. The summed E-state index contributed by atoms with van der Waals surface area (Å²) in [5.74, 6) is -0.828. The molecule has 0 fully saturated rings. The zero-order valence-electron chi connectivity index (χ0n) is 15.9. The molecule has 9 heteroatoms. The first-order chi connectivity index (χ1) is 12.1. The maximum absolute atomic E-state index is 13.1. The Morgan fingerprint density at radius 2 is 1.70 bits per heavy atom. The number of carboxylic acid groups (broad SMARTS) is 1. The highest BCUT2D eigenvalue weighted by Crippen LogP contribution is 2.34. The third-order valence-corrected chi connectivity index (χ3v) is 3.82. The molecule has 1 aromatic carbocycles. The molecule has 1 unspecified atom stereocenters. The molecule has 152 valence electrons. The van der Waals surface area contributed by atoms with Crippen molar-refractivity contribution in [1.82, 2.24) is 10.2 Å². The lowest BCUT2D eigenvalue weighted by Gasteiger charge is -2.40. The normalized spacial score (nSPS) is 13.8. The molecule has 27 heavy (non-hydrogen) atoms. The van der Waals surface area contributed by atoms with Gasteiger partial charge in [0.2, 0.25) is 5.91 Å². The van der Waals surface area contributed by atoms with Gasteiger partial charge in [0.05, 0.1) is 17.7 Å². The van der Waals surface area contributed by atoms with Crippen LogP contribution in [0.4, 0.5) is 18.0 Å². The van der Waals surface area contributed by atoms with E-state index in [0.717, 1.165) is 23.1 Å². The minimum absolute atomic E-state index is 0.117. The summed E-state index contributed by atoms with van der Waals surface area (Å²) in [4.78, 5) is 25.5. The van der Waals surface area contributed by atoms with E-state index in [4.69, 9.17) is 0 Å². The number of carbonyl (C=O) groups excluding carboxylic acids is 1. The highest BCUT2D eigenvalue weighted by Gasteiger charge is 2.41. The van der Waals surface area contributed by atoms with Gasteiger partial charge in [0.15, 0.2) is 0 Å². The number of rotatable bonds is 5. The Labute approximate surface area is 156 Å². The van der Waals surface area contributed by atoms with Crippen LogP contribution in [-0.2, 0) is 11.0 Å². The minimum atomic E-state index is -4.64. The van der Waals surface area contributed by atoms with Crippen molar-refractivity contribution in [3.63, 3.8) is 0 Å². The van der Waals surface area contributed by atoms with Crippen LogP contribution in [0.2, 0.25) is 0 Å². The van der Waals surface area contributed by atoms with Gasteiger partial charge in [-0.1, -0.05) is 12.1 Å². The third-order valence-electron chi connectivity index (χ3n) is 3.82. The molecule has 2 amide bonds. The summed E-state index contributed by atoms with van der Waals surface area (Å²) >= 11 is 0. The van der Waals surface area contributed by atoms with Crippen LogP contribution in [-0.4, -0.2) is 44.8 Å². The molecule has 3 N–H and O–H groups in total. The molecule has 1 rings (SSSR count). The predicted molar refractivity (Wildman–Crippen MR) is 93.1 cm³/mol. The van der Waals surface area contributed by atoms with Crippen molar-refractivity contribution >= 4 is 12.0 Å². The number of nitrogens with zero attached hydrogens (tertiary/aromatic N) is 1. The zero-order chi connectivity index (χ0) is 21.2. The highest BCUT2D eigenvalue weighted by atomic mass is 19.4. The van der Waals surface area contributed by atoms with Crippen LogP contribution in [0, 0.1) is 0 Å². The van der Waals surface area contributed by atoms with E-state index in [2.05, 4.69) is 5.32 Å². The number of amides is 2. The third kappa shape index (κ3) is 5.85. The topological polar surface area (TPSA) is 89.9 Å². The summed E-state index contributed by atoms with van der Waals surface area (Å²) in [7, 11) is 0. The maximum Gasteiger partial charge on any atom is 0.416 e. The van der Waals surface area contributed by atoms with Gasteiger partial charge in [-0.2, -0.15) is 13.2 Å². The zero-order valence-corrected chi connectivity index (χ0v) is 15.9. The molecule has 0 bridgehead atoms. The SMILES string of the molecule is CC(C)(CO)NC(=O)C(c1cccc(C(F)(F)F)c1)N(C(=O)O)C(C)(C)C. The van der Waals surface area contributed by atoms with E-state index in [1.54, 1.807) is 0 Å². The van der Waals surface area contributed by atoms with Gasteiger partial charge in [-0.15, -0.1) is 0 Å². The molecule has 6 nitrogen and oxygen atoms in total. The number of aliphatic hydroxyl groups is 1. The van der Waals surface area contributed by atoms with Crippen LogP contribution in [0.1, 0.15) is 51.8 Å². The Morgan fingerprint density at radius 1 is 1.15 bits per heavy atom. The van der Waals surface area contributed by atoms with Crippen molar-refractivity contribution in [1.29, 1.82) is 0 Å². The summed E-state index contributed by atoms with van der Waals surface area (Å²) in [6.07, 6.45) is -6.10. The van der Waals surface area contributed by atoms with E-state index < -0.39 is 47.5 Å². The quantitative estimate of drug-likeness (QED) is 0.719. The molecule has 0 aliphatic heterocycles. The van der Waals surface area contributed by atoms with E-state index in [1.165, 1.54) is 40.7 Å². The molecule has 1 aromatic rings. The van der Waals surface area contributed by atoms with Gasteiger partial charge in [-0.3, -0.25) is 9.69 Å². The lowest BCUT2D eigenvalue weighted by molar-refractivity contribution is -0.138. The Bertz CT molecular complexity index is 697. The second-order valence-electron chi connectivity index (χ2n) is 7.88. The molecule has 0 saturated carbocycles. The number of halogens is 3. The van der Waals surface area contributed by atoms with E-state index in [1.807, 2.05) is 0 Å². The Hall–Kier alpha value is -2.29. The Balaban J connectivity index is 3.55. The van der Waals surface area contributed by atoms with Crippen LogP contribution in [0.25, 0.3) is 0 Å². The Kier molecular flexibility index (Phi) is 6.53. The molecular formula is C18H25F3N2O4. The number of hydrogen-bond acceptors (Lipinski definition) is 3. The van der Waals surface area contributed by atoms with Crippen molar-refractivity contribution in [2.45, 2.75) is 57.9 Å². The predicted octanol–water partition coefficient (Wildman–Crippen LogP) is 3.41. The van der Waals surface area contributed by atoms with Gasteiger partial charge < -0.3 is 15.5 Å². The number of benzene rings is 1. The number of hydrogen-bond donors (Lipinski definition) is 3. The van der Waals surface area contributed by atoms with Crippen molar-refractivity contribution < 1.29 is 33.0 Å². The number of carbonyl (C=O) groups is 2. The van der Waals surface area contributed by atoms with E-state index in [-0.39, 0.29) is 5.56 Å². The van der Waals surface area contributed by atoms with Gasteiger partial charge in [-0.05, 0) is 52.3 Å². The van der Waals surface area contributed by atoms with Crippen molar-refractivity contribution in [2.24, 2.45) is 0 Å². The molecule has 1 atom stereocenters. The summed E-state index contributed by atoms with van der Waals surface area (Å²) in [5.41, 5.74) is -3.27. The monoisotopic (exact) mass is 390 g/mol. The minimum Gasteiger partial charge on any atom is -0.465 e. The average molecular weight is 390 g/mol. The molecule has 0 radical (unpaired) electrons. The van der Waals surface area contributed by atoms with Gasteiger partial charge >= 0.3 is 12.3 Å². The average Bonchev–Trinajstić information content (AvgIpc) is 2.49. The number of alkyl halides is 3. The van der Waals surface area contributed by atoms with Gasteiger partial charge in [-0.25, -0.2) is 4.79 Å². The summed E-state index contributed by atoms with van der Waals surface area (Å²) in [6, 6.07) is 2.47. The fourth-order valence-corrected chi connectivity index (χ4v) is 2.53. The molecule has 0 spiro atoms. The fraction of sp³-hybridized carbons (Fsp3) is 0.556. The number of nitrogens with one attached hydrogen (secondary N) is 1. The first-order valence-corrected chi connectivity index (χ1v) is 8.22. The van der Waals surface area contributed by atoms with Crippen LogP contribution in [0.3, 0.4) is 0 Å². The largest absolute Gasteiger partial charge is 0.465 e. The first-order valence-electron chi connectivity index (χ1n) is 8.22. The fourth-order valence-electron chi connectivity index (χ4n) is 2.53. The molecule has 0 aliphatic carbocycles. The van der Waals surface area contributed by atoms with Crippen molar-refractivity contribution in [2.75, 3.05) is 6.61 Å². The van der Waals surface area contributed by atoms with Crippen molar-refractivity contribution in [3.05, 3.63) is 35.4 Å². The lowest BCUT2D eigenvalue weighted by atomic mass is 9.95. The standard InChI is InChI=1S/C18H25F3N2O4/c1-16(2,3)23(15(26)27)13(14(25)22-17(4,5)10-24)11-7-6-8-12(9-11)18(19,20)21/h6-9,13,24H,10H2,1-5H3,(H,22,25)(H,26,27). The highest BCUT2D eigenvalue weighted by molar-refractivity contribution is 5.87. The summed E-state index contributed by atoms with van der Waals surface area (Å²) < 4.78 is 39.3. The van der Waals surface area contributed by atoms with E-state index in [9.17, 15) is 33.0 Å². The molecule has 0 saturated heterocycles. The first kappa shape index (κ1) is 22.8. The summed E-state index contributed by atoms with van der Waals surface area (Å²) in [6.45, 7) is 7.19. The lowest BCUT2D eigenvalue weighted by Crippen LogP contribution is -2.56. The van der Waals surface area contributed by atoms with Crippen LogP contribution < -0.4 is 5.32 Å². The Morgan fingerprint density at radius 3 is 2.11 bits per heavy atom. The van der Waals surface area contributed by atoms with Gasteiger partial charge in [0.25, 0.3) is 0 Å². The smallest absolute Gasteiger partial charge is 0.416 e. The van der Waals surface area contributed by atoms with Crippen molar-refractivity contribution in [3.8, 4) is 0 Å². The maximum atomic E-state index is 13.1. The van der Waals surface area contributed by atoms with E-state index >= 15 is 0 Å². The van der Waals surface area contributed by atoms with E-state index in [0.29, 0.717) is 0 Å². The molecule has 0 aliphatic rings. The molecule has 0 heterocycles. The van der Waals surface area contributed by atoms with Gasteiger partial charge in [0, 0.05) is 5.54 Å². The second kappa shape index (κ2) is 7.75. The number of aliphatic hydroxyl groups excluding tert-OH is 1. The van der Waals surface area contributed by atoms with Crippen LogP contribution in [0.5, 0.6) is 0 Å². The van der Waals surface area contributed by atoms with Crippen LogP contribution in [0.15, 0.2) is 24.3 Å². The van der Waals surface area contributed by atoms with Gasteiger partial charge in [0.1, 0.15) is 6.04 Å². The van der Waals surface area contributed by atoms with Crippen LogP contribution >= 0.6 is 0 Å².